The van der Waals surface area contributed by atoms with Gasteiger partial charge in [-0.1, -0.05) is 22.9 Å². The van der Waals surface area contributed by atoms with Crippen molar-refractivity contribution in [2.24, 2.45) is 0 Å². The Labute approximate surface area is 204 Å². The van der Waals surface area contributed by atoms with Gasteiger partial charge in [-0.15, -0.1) is 21.5 Å². The van der Waals surface area contributed by atoms with Crippen LogP contribution >= 0.6 is 34.3 Å². The Morgan fingerprint density at radius 2 is 2.00 bits per heavy atom. The highest BCUT2D eigenvalue weighted by molar-refractivity contribution is 7.23. The van der Waals surface area contributed by atoms with Gasteiger partial charge in [0.25, 0.3) is 5.91 Å². The molecule has 8 nitrogen and oxygen atoms in total. The number of carbonyl (C=O) groups is 2. The van der Waals surface area contributed by atoms with Crippen LogP contribution in [0.2, 0.25) is 4.34 Å². The van der Waals surface area contributed by atoms with Gasteiger partial charge in [0.15, 0.2) is 5.01 Å². The predicted octanol–water partition coefficient (Wildman–Crippen LogP) is 3.89. The molecule has 0 unspecified atom stereocenters. The van der Waals surface area contributed by atoms with E-state index >= 15 is 0 Å². The molecule has 2 aromatic heterocycles. The van der Waals surface area contributed by atoms with Crippen LogP contribution in [0.5, 0.6) is 0 Å². The second-order valence-electron chi connectivity index (χ2n) is 7.87. The minimum atomic E-state index is -0.214. The first-order valence-electron chi connectivity index (χ1n) is 10.7. The van der Waals surface area contributed by atoms with E-state index in [-0.39, 0.29) is 24.5 Å². The lowest BCUT2D eigenvalue weighted by Gasteiger charge is -2.27. The predicted molar refractivity (Wildman–Crippen MR) is 130 cm³/mol. The number of aromatic nitrogens is 2. The molecule has 0 spiro atoms. The molecule has 0 aliphatic carbocycles. The molecule has 0 saturated carbocycles. The van der Waals surface area contributed by atoms with Gasteiger partial charge < -0.3 is 15.0 Å². The molecule has 11 heteroatoms. The van der Waals surface area contributed by atoms with Crippen LogP contribution in [-0.2, 0) is 20.9 Å². The lowest BCUT2D eigenvalue weighted by atomic mass is 10.2. The summed E-state index contributed by atoms with van der Waals surface area (Å²) in [6.45, 7) is 2.60. The van der Waals surface area contributed by atoms with Crippen molar-refractivity contribution in [3.63, 3.8) is 0 Å². The largest absolute Gasteiger partial charge is 0.370 e. The average Bonchev–Trinajstić information content (AvgIpc) is 3.56. The molecular weight excluding hydrogens is 482 g/mol. The third-order valence-corrected chi connectivity index (χ3v) is 8.00. The van der Waals surface area contributed by atoms with E-state index in [1.165, 1.54) is 22.7 Å². The molecule has 2 fully saturated rings. The number of morpholine rings is 1. The molecule has 2 amide bonds. The van der Waals surface area contributed by atoms with E-state index in [4.69, 9.17) is 16.3 Å². The highest BCUT2D eigenvalue weighted by Crippen LogP contribution is 2.33. The lowest BCUT2D eigenvalue weighted by Crippen LogP contribution is -2.41. The number of nitrogens with zero attached hydrogens (tertiary/aromatic N) is 4. The van der Waals surface area contributed by atoms with Crippen LogP contribution in [0, 0.1) is 0 Å². The molecule has 2 aliphatic heterocycles. The molecule has 1 aromatic carbocycles. The van der Waals surface area contributed by atoms with Gasteiger partial charge in [0.1, 0.15) is 11.6 Å². The Morgan fingerprint density at radius 1 is 1.15 bits per heavy atom. The van der Waals surface area contributed by atoms with Crippen LogP contribution in [0.15, 0.2) is 36.4 Å². The zero-order chi connectivity index (χ0) is 22.8. The summed E-state index contributed by atoms with van der Waals surface area (Å²) in [4.78, 5) is 29.9. The molecule has 4 heterocycles. The summed E-state index contributed by atoms with van der Waals surface area (Å²) in [5, 5.41) is 13.4. The quantitative estimate of drug-likeness (QED) is 0.549. The van der Waals surface area contributed by atoms with Gasteiger partial charge in [-0.3, -0.25) is 14.5 Å². The van der Waals surface area contributed by atoms with Gasteiger partial charge in [-0.25, -0.2) is 0 Å². The van der Waals surface area contributed by atoms with Crippen LogP contribution in [0.4, 0.5) is 11.4 Å². The second kappa shape index (κ2) is 9.86. The topological polar surface area (TPSA) is 87.7 Å². The van der Waals surface area contributed by atoms with Gasteiger partial charge in [0.05, 0.1) is 28.4 Å². The van der Waals surface area contributed by atoms with Crippen molar-refractivity contribution in [1.82, 2.24) is 15.1 Å². The number of benzene rings is 1. The average molecular weight is 504 g/mol. The fourth-order valence-electron chi connectivity index (χ4n) is 4.07. The summed E-state index contributed by atoms with van der Waals surface area (Å²) in [5.74, 6) is -0.0841. The number of amides is 2. The first-order valence-corrected chi connectivity index (χ1v) is 12.7. The second-order valence-corrected chi connectivity index (χ2v) is 10.6. The normalized spacial score (nSPS) is 19.2. The molecule has 0 bridgehead atoms. The minimum Gasteiger partial charge on any atom is -0.370 e. The maximum Gasteiger partial charge on any atom is 0.253 e. The van der Waals surface area contributed by atoms with E-state index in [0.29, 0.717) is 25.4 Å². The number of nitrogens with one attached hydrogen (secondary N) is 1. The molecule has 1 atom stereocenters. The van der Waals surface area contributed by atoms with Gasteiger partial charge in [-0.2, -0.15) is 0 Å². The van der Waals surface area contributed by atoms with E-state index in [2.05, 4.69) is 20.4 Å². The third-order valence-electron chi connectivity index (χ3n) is 5.69. The van der Waals surface area contributed by atoms with Gasteiger partial charge in [0.2, 0.25) is 5.91 Å². The van der Waals surface area contributed by atoms with Crippen molar-refractivity contribution in [2.45, 2.75) is 25.4 Å². The lowest BCUT2D eigenvalue weighted by molar-refractivity contribution is -0.125. The van der Waals surface area contributed by atoms with E-state index in [1.807, 2.05) is 36.4 Å². The Hall–Kier alpha value is -2.37. The fraction of sp³-hybridized carbons (Fsp3) is 0.364. The number of hydrogen-bond donors (Lipinski definition) is 1. The first-order chi connectivity index (χ1) is 16.1. The van der Waals surface area contributed by atoms with Crippen LogP contribution in [0.1, 0.15) is 17.8 Å². The van der Waals surface area contributed by atoms with E-state index < -0.39 is 0 Å². The van der Waals surface area contributed by atoms with Crippen molar-refractivity contribution in [1.29, 1.82) is 0 Å². The Morgan fingerprint density at radius 3 is 2.76 bits per heavy atom. The maximum atomic E-state index is 13.0. The molecule has 2 saturated heterocycles. The van der Waals surface area contributed by atoms with Gasteiger partial charge >= 0.3 is 0 Å². The highest BCUT2D eigenvalue weighted by Gasteiger charge is 2.31. The molecule has 0 radical (unpaired) electrons. The zero-order valence-electron chi connectivity index (χ0n) is 17.7. The van der Waals surface area contributed by atoms with E-state index in [1.54, 1.807) is 4.90 Å². The number of rotatable bonds is 6. The maximum absolute atomic E-state index is 13.0. The third kappa shape index (κ3) is 5.10. The monoisotopic (exact) mass is 503 g/mol. The zero-order valence-corrected chi connectivity index (χ0v) is 20.1. The van der Waals surface area contributed by atoms with Crippen LogP contribution in [0.25, 0.3) is 9.88 Å². The molecule has 2 aliphatic rings. The summed E-state index contributed by atoms with van der Waals surface area (Å²) < 4.78 is 5.90. The molecule has 33 heavy (non-hydrogen) atoms. The number of carbonyl (C=O) groups excluding carboxylic acids is 2. The SMILES string of the molecule is O=C(Nc1ccc(N2CCOCC2=O)cc1)[C@H]1CCCN1Cc1nnc(-c2ccc(Cl)s2)s1. The van der Waals surface area contributed by atoms with E-state index in [9.17, 15) is 9.59 Å². The summed E-state index contributed by atoms with van der Waals surface area (Å²) in [7, 11) is 0. The summed E-state index contributed by atoms with van der Waals surface area (Å²) in [6, 6.07) is 11.0. The van der Waals surface area contributed by atoms with E-state index in [0.717, 1.165) is 44.3 Å². The number of hydrogen-bond acceptors (Lipinski definition) is 8. The highest BCUT2D eigenvalue weighted by atomic mass is 35.5. The summed E-state index contributed by atoms with van der Waals surface area (Å²) in [6.07, 6.45) is 1.76. The van der Waals surface area contributed by atoms with Crippen LogP contribution in [0.3, 0.4) is 0 Å². The summed E-state index contributed by atoms with van der Waals surface area (Å²) >= 11 is 9.05. The van der Waals surface area contributed by atoms with Crippen molar-refractivity contribution in [2.75, 3.05) is 36.5 Å². The van der Waals surface area contributed by atoms with Crippen molar-refractivity contribution < 1.29 is 14.3 Å². The first kappa shape index (κ1) is 22.4. The fourth-order valence-corrected chi connectivity index (χ4v) is 6.03. The Balaban J connectivity index is 1.20. The van der Waals surface area contributed by atoms with Crippen molar-refractivity contribution >= 4 is 57.5 Å². The number of likely N-dealkylation sites (tertiary alicyclic amines) is 1. The van der Waals surface area contributed by atoms with Crippen molar-refractivity contribution in [3.05, 3.63) is 45.7 Å². The van der Waals surface area contributed by atoms with Gasteiger partial charge in [-0.05, 0) is 55.8 Å². The van der Waals surface area contributed by atoms with Crippen LogP contribution < -0.4 is 10.2 Å². The molecule has 1 N–H and O–H groups in total. The molecule has 3 aromatic rings. The molecular formula is C22H22ClN5O3S2. The Kier molecular flexibility index (Phi) is 6.70. The number of halogens is 1. The molecule has 172 valence electrons. The smallest absolute Gasteiger partial charge is 0.253 e. The number of ether oxygens (including phenoxy) is 1. The number of thiophene rings is 1. The van der Waals surface area contributed by atoms with Crippen LogP contribution in [-0.4, -0.2) is 59.3 Å². The summed E-state index contributed by atoms with van der Waals surface area (Å²) in [5.41, 5.74) is 1.52. The van der Waals surface area contributed by atoms with Crippen molar-refractivity contribution in [3.8, 4) is 9.88 Å². The minimum absolute atomic E-state index is 0.0301. The standard InChI is InChI=1S/C22H22ClN5O3S2/c23-18-8-7-17(32-18)22-26-25-19(33-22)12-27-9-1-2-16(27)21(30)24-14-3-5-15(6-4-14)28-10-11-31-13-20(28)29/h3-8,16H,1-2,9-13H2,(H,24,30)/t16-/m1/s1. The van der Waals surface area contributed by atoms with Gasteiger partial charge in [0, 0.05) is 17.9 Å². The Bertz CT molecular complexity index is 1150. The number of anilines is 2. The molecule has 5 rings (SSSR count).